The Hall–Kier alpha value is -1.65. The van der Waals surface area contributed by atoms with E-state index in [0.29, 0.717) is 10.8 Å². The average Bonchev–Trinajstić information content (AvgIpc) is 3.09. The van der Waals surface area contributed by atoms with Crippen molar-refractivity contribution in [2.75, 3.05) is 0 Å². The fourth-order valence-electron chi connectivity index (χ4n) is 4.87. The minimum atomic E-state index is -0.441. The van der Waals surface area contributed by atoms with Gasteiger partial charge in [0.25, 0.3) is 0 Å². The molecule has 2 aromatic carbocycles. The molecule has 0 amide bonds. The van der Waals surface area contributed by atoms with Gasteiger partial charge in [-0.15, -0.1) is 0 Å². The fourth-order valence-corrected chi connectivity index (χ4v) is 7.35. The summed E-state index contributed by atoms with van der Waals surface area (Å²) in [4.78, 5) is 0. The van der Waals surface area contributed by atoms with Crippen LogP contribution in [0.15, 0.2) is 83.2 Å². The van der Waals surface area contributed by atoms with Gasteiger partial charge >= 0.3 is 0 Å². The maximum atomic E-state index is 2.57. The van der Waals surface area contributed by atoms with Crippen molar-refractivity contribution in [2.45, 2.75) is 40.5 Å². The molecule has 0 unspecified atom stereocenters. The topological polar surface area (TPSA) is 0 Å². The van der Waals surface area contributed by atoms with Crippen molar-refractivity contribution >= 4 is 18.5 Å². The Balaban J connectivity index is 1.79. The zero-order valence-corrected chi connectivity index (χ0v) is 16.6. The number of benzene rings is 2. The quantitative estimate of drug-likeness (QED) is 0.584. The zero-order chi connectivity index (χ0) is 17.7. The van der Waals surface area contributed by atoms with E-state index >= 15 is 0 Å². The molecule has 0 saturated carbocycles. The normalized spacial score (nSPS) is 20.8. The first kappa shape index (κ1) is 16.8. The number of allylic oxidation sites excluding steroid dienone is 4. The lowest BCUT2D eigenvalue weighted by Crippen LogP contribution is -2.18. The van der Waals surface area contributed by atoms with Crippen molar-refractivity contribution in [3.63, 3.8) is 0 Å². The van der Waals surface area contributed by atoms with Crippen LogP contribution in [0.2, 0.25) is 0 Å². The van der Waals surface area contributed by atoms with Crippen LogP contribution in [-0.2, 0) is 0 Å². The van der Waals surface area contributed by atoms with Crippen LogP contribution in [0.25, 0.3) is 0 Å². The van der Waals surface area contributed by atoms with Gasteiger partial charge in [-0.1, -0.05) is 100 Å². The van der Waals surface area contributed by atoms with E-state index in [0.717, 1.165) is 6.42 Å². The highest BCUT2D eigenvalue weighted by Gasteiger charge is 2.46. The van der Waals surface area contributed by atoms with Crippen LogP contribution < -0.4 is 10.6 Å². The van der Waals surface area contributed by atoms with Crippen LogP contribution in [0.1, 0.15) is 40.5 Å². The highest BCUT2D eigenvalue weighted by Crippen LogP contribution is 2.62. The molecule has 1 heteroatoms. The molecule has 0 N–H and O–H groups in total. The lowest BCUT2D eigenvalue weighted by molar-refractivity contribution is 0.315. The molecule has 0 heterocycles. The monoisotopic (exact) mass is 346 g/mol. The smallest absolute Gasteiger partial charge is 0.00448 e. The molecule has 0 saturated heterocycles. The van der Waals surface area contributed by atoms with E-state index in [9.17, 15) is 0 Å². The summed E-state index contributed by atoms with van der Waals surface area (Å²) >= 11 is 0. The second-order valence-corrected chi connectivity index (χ2v) is 10.9. The summed E-state index contributed by atoms with van der Waals surface area (Å²) in [5.74, 6) is 0. The Morgan fingerprint density at radius 1 is 0.720 bits per heavy atom. The van der Waals surface area contributed by atoms with Gasteiger partial charge in [0, 0.05) is 0 Å². The molecule has 0 bridgehead atoms. The molecule has 25 heavy (non-hydrogen) atoms. The second-order valence-electron chi connectivity index (χ2n) is 8.66. The molecule has 2 aliphatic carbocycles. The molecular weight excluding hydrogens is 319 g/mol. The Morgan fingerprint density at radius 2 is 1.24 bits per heavy atom. The summed E-state index contributed by atoms with van der Waals surface area (Å²) in [7, 11) is -0.441. The van der Waals surface area contributed by atoms with Gasteiger partial charge in [-0.3, -0.25) is 0 Å². The third kappa shape index (κ3) is 2.91. The first-order chi connectivity index (χ1) is 11.9. The van der Waals surface area contributed by atoms with Crippen LogP contribution >= 0.6 is 7.92 Å². The summed E-state index contributed by atoms with van der Waals surface area (Å²) in [5, 5.41) is 4.55. The van der Waals surface area contributed by atoms with Crippen molar-refractivity contribution < 1.29 is 0 Å². The molecule has 0 fully saturated rings. The average molecular weight is 346 g/mol. The Labute approximate surface area is 153 Å². The standard InChI is InChI=1S/C24H27P/c1-23(2)17-24(3,4)22-16-20(15-21(22)23)25(18-11-7-5-8-12-18)19-13-9-6-10-14-19/h5-15H,16-17H2,1-4H3. The van der Waals surface area contributed by atoms with Crippen molar-refractivity contribution in [1.82, 2.24) is 0 Å². The molecule has 0 radical (unpaired) electrons. The predicted molar refractivity (Wildman–Crippen MR) is 111 cm³/mol. The molecular formula is C24H27P. The third-order valence-corrected chi connectivity index (χ3v) is 8.23. The minimum absolute atomic E-state index is 0.301. The van der Waals surface area contributed by atoms with Crippen LogP contribution in [-0.4, -0.2) is 0 Å². The minimum Gasteiger partial charge on any atom is -0.0622 e. The summed E-state index contributed by atoms with van der Waals surface area (Å²) in [6.45, 7) is 9.70. The maximum absolute atomic E-state index is 2.57. The van der Waals surface area contributed by atoms with Gasteiger partial charge in [-0.05, 0) is 53.1 Å². The largest absolute Gasteiger partial charge is 0.0622 e. The van der Waals surface area contributed by atoms with Crippen LogP contribution in [0, 0.1) is 10.8 Å². The van der Waals surface area contributed by atoms with E-state index in [1.807, 2.05) is 0 Å². The van der Waals surface area contributed by atoms with Gasteiger partial charge in [0.2, 0.25) is 0 Å². The van der Waals surface area contributed by atoms with Crippen LogP contribution in [0.4, 0.5) is 0 Å². The Morgan fingerprint density at radius 3 is 1.72 bits per heavy atom. The van der Waals surface area contributed by atoms with Gasteiger partial charge in [-0.25, -0.2) is 0 Å². The zero-order valence-electron chi connectivity index (χ0n) is 15.7. The first-order valence-corrected chi connectivity index (χ1v) is 10.6. The van der Waals surface area contributed by atoms with Gasteiger partial charge in [0.15, 0.2) is 0 Å². The van der Waals surface area contributed by atoms with Crippen LogP contribution in [0.5, 0.6) is 0 Å². The highest BCUT2D eigenvalue weighted by atomic mass is 31.1. The second kappa shape index (κ2) is 5.96. The van der Waals surface area contributed by atoms with Crippen molar-refractivity contribution in [1.29, 1.82) is 0 Å². The molecule has 0 spiro atoms. The molecule has 0 aromatic heterocycles. The van der Waals surface area contributed by atoms with Gasteiger partial charge in [-0.2, -0.15) is 0 Å². The predicted octanol–water partition coefficient (Wildman–Crippen LogP) is 6.16. The van der Waals surface area contributed by atoms with E-state index in [1.54, 1.807) is 16.5 Å². The van der Waals surface area contributed by atoms with E-state index in [2.05, 4.69) is 94.4 Å². The lowest BCUT2D eigenvalue weighted by atomic mass is 9.78. The summed E-state index contributed by atoms with van der Waals surface area (Å²) in [5.41, 5.74) is 3.93. The van der Waals surface area contributed by atoms with Crippen molar-refractivity contribution in [3.8, 4) is 0 Å². The van der Waals surface area contributed by atoms with Crippen molar-refractivity contribution in [2.24, 2.45) is 10.8 Å². The van der Waals surface area contributed by atoms with E-state index < -0.39 is 7.92 Å². The van der Waals surface area contributed by atoms with Crippen molar-refractivity contribution in [3.05, 3.63) is 83.2 Å². The summed E-state index contributed by atoms with van der Waals surface area (Å²) < 4.78 is 0. The molecule has 0 nitrogen and oxygen atoms in total. The molecule has 0 atom stereocenters. The first-order valence-electron chi connectivity index (χ1n) is 9.23. The van der Waals surface area contributed by atoms with Gasteiger partial charge in [0.1, 0.15) is 0 Å². The number of hydrogen-bond acceptors (Lipinski definition) is 0. The molecule has 0 aliphatic heterocycles. The molecule has 128 valence electrons. The lowest BCUT2D eigenvalue weighted by Gasteiger charge is -2.29. The third-order valence-electron chi connectivity index (χ3n) is 5.74. The highest BCUT2D eigenvalue weighted by molar-refractivity contribution is 7.76. The summed E-state index contributed by atoms with van der Waals surface area (Å²) in [6.07, 6.45) is 4.99. The van der Waals surface area contributed by atoms with E-state index in [1.165, 1.54) is 17.0 Å². The van der Waals surface area contributed by atoms with Gasteiger partial charge in [0.05, 0.1) is 0 Å². The fraction of sp³-hybridized carbons (Fsp3) is 0.333. The molecule has 2 aliphatic rings. The maximum Gasteiger partial charge on any atom is -0.00448 e. The number of hydrogen-bond donors (Lipinski definition) is 0. The Bertz CT molecular complexity index is 799. The SMILES string of the molecule is CC1(C)CC(C)(C)C2=C1C=C(P(c1ccccc1)c1ccccc1)C2. The summed E-state index contributed by atoms with van der Waals surface area (Å²) in [6, 6.07) is 22.2. The van der Waals surface area contributed by atoms with E-state index in [-0.39, 0.29) is 0 Å². The molecule has 2 aromatic rings. The van der Waals surface area contributed by atoms with E-state index in [4.69, 9.17) is 0 Å². The number of rotatable bonds is 3. The Kier molecular flexibility index (Phi) is 4.00. The van der Waals surface area contributed by atoms with Crippen LogP contribution in [0.3, 0.4) is 0 Å². The van der Waals surface area contributed by atoms with Gasteiger partial charge < -0.3 is 0 Å². The molecule has 4 rings (SSSR count).